The Kier molecular flexibility index (Phi) is 7.14. The second-order valence-corrected chi connectivity index (χ2v) is 5.96. The summed E-state index contributed by atoms with van der Waals surface area (Å²) in [5.41, 5.74) is 3.55. The molecule has 0 heterocycles. The van der Waals surface area contributed by atoms with E-state index in [0.717, 1.165) is 18.3 Å². The second kappa shape index (κ2) is 9.57. The van der Waals surface area contributed by atoms with Crippen LogP contribution in [0.4, 0.5) is 5.69 Å². The number of ether oxygens (including phenoxy) is 1. The lowest BCUT2D eigenvalue weighted by molar-refractivity contribution is 0.414. The minimum atomic E-state index is 0.639. The number of rotatable bonds is 7. The van der Waals surface area contributed by atoms with Crippen LogP contribution in [-0.4, -0.2) is 33.7 Å². The van der Waals surface area contributed by atoms with Crippen molar-refractivity contribution >= 4 is 11.6 Å². The minimum absolute atomic E-state index is 0.639. The molecular formula is C20H28N4O. The number of anilines is 1. The highest BCUT2D eigenvalue weighted by atomic mass is 16.5. The zero-order valence-electron chi connectivity index (χ0n) is 15.5. The van der Waals surface area contributed by atoms with Gasteiger partial charge in [0.2, 0.25) is 0 Å². The highest BCUT2D eigenvalue weighted by molar-refractivity contribution is 5.79. The Bertz CT molecular complexity index is 680. The fourth-order valence-corrected chi connectivity index (χ4v) is 2.37. The molecule has 0 amide bonds. The molecule has 0 aliphatic rings. The molecular weight excluding hydrogens is 312 g/mol. The molecule has 0 saturated carbocycles. The summed E-state index contributed by atoms with van der Waals surface area (Å²) in [5.74, 6) is 1.68. The first-order valence-electron chi connectivity index (χ1n) is 8.53. The maximum absolute atomic E-state index is 5.19. The van der Waals surface area contributed by atoms with Crippen LogP contribution in [0.15, 0.2) is 53.5 Å². The first-order chi connectivity index (χ1) is 12.1. The molecule has 0 saturated heterocycles. The third kappa shape index (κ3) is 6.03. The summed E-state index contributed by atoms with van der Waals surface area (Å²) in [6.45, 7) is 4.25. The number of aliphatic imine (C=N–C) groups is 1. The topological polar surface area (TPSA) is 48.9 Å². The van der Waals surface area contributed by atoms with E-state index in [1.54, 1.807) is 7.11 Å². The van der Waals surface area contributed by atoms with E-state index in [9.17, 15) is 0 Å². The lowest BCUT2D eigenvalue weighted by atomic mass is 10.2. The molecule has 5 heteroatoms. The first-order valence-corrected chi connectivity index (χ1v) is 8.53. The van der Waals surface area contributed by atoms with Crippen LogP contribution in [0, 0.1) is 0 Å². The van der Waals surface area contributed by atoms with Crippen LogP contribution in [0.3, 0.4) is 0 Å². The van der Waals surface area contributed by atoms with Crippen molar-refractivity contribution in [2.24, 2.45) is 4.99 Å². The van der Waals surface area contributed by atoms with E-state index in [4.69, 9.17) is 4.74 Å². The SMILES string of the molecule is CCNC(=NCc1cccc(N(C)C)c1)NCc1ccc(OC)cc1. The highest BCUT2D eigenvalue weighted by Crippen LogP contribution is 2.14. The van der Waals surface area contributed by atoms with Crippen LogP contribution in [0.25, 0.3) is 0 Å². The van der Waals surface area contributed by atoms with E-state index in [-0.39, 0.29) is 0 Å². The van der Waals surface area contributed by atoms with E-state index in [1.807, 2.05) is 26.2 Å². The average Bonchev–Trinajstić information content (AvgIpc) is 2.64. The molecule has 2 aromatic carbocycles. The Morgan fingerprint density at radius 2 is 1.80 bits per heavy atom. The van der Waals surface area contributed by atoms with E-state index < -0.39 is 0 Å². The smallest absolute Gasteiger partial charge is 0.191 e. The quantitative estimate of drug-likeness (QED) is 0.601. The van der Waals surface area contributed by atoms with Gasteiger partial charge >= 0.3 is 0 Å². The second-order valence-electron chi connectivity index (χ2n) is 5.96. The van der Waals surface area contributed by atoms with Gasteiger partial charge in [-0.2, -0.15) is 0 Å². The van der Waals surface area contributed by atoms with Gasteiger partial charge in [-0.1, -0.05) is 24.3 Å². The van der Waals surface area contributed by atoms with Crippen molar-refractivity contribution in [3.8, 4) is 5.75 Å². The predicted molar refractivity (Wildman–Crippen MR) is 105 cm³/mol. The summed E-state index contributed by atoms with van der Waals surface area (Å²) in [6, 6.07) is 16.5. The van der Waals surface area contributed by atoms with E-state index in [0.29, 0.717) is 13.1 Å². The Morgan fingerprint density at radius 3 is 2.44 bits per heavy atom. The normalized spacial score (nSPS) is 11.1. The fraction of sp³-hybridized carbons (Fsp3) is 0.350. The molecule has 0 unspecified atom stereocenters. The first kappa shape index (κ1) is 18.6. The molecule has 0 aliphatic heterocycles. The monoisotopic (exact) mass is 340 g/mol. The Balaban J connectivity index is 1.98. The van der Waals surface area contributed by atoms with Crippen LogP contribution in [0.5, 0.6) is 5.75 Å². The summed E-state index contributed by atoms with van der Waals surface area (Å²) < 4.78 is 5.19. The standard InChI is InChI=1S/C20H28N4O/c1-5-21-20(22-14-16-9-11-19(25-4)12-10-16)23-15-17-7-6-8-18(13-17)24(2)3/h6-13H,5,14-15H2,1-4H3,(H2,21,22,23). The molecule has 2 rings (SSSR count). The summed E-state index contributed by atoms with van der Waals surface area (Å²) in [7, 11) is 5.76. The molecule has 2 aromatic rings. The zero-order chi connectivity index (χ0) is 18.1. The van der Waals surface area contributed by atoms with Crippen molar-refractivity contribution in [1.82, 2.24) is 10.6 Å². The molecule has 5 nitrogen and oxygen atoms in total. The molecule has 0 bridgehead atoms. The van der Waals surface area contributed by atoms with Gasteiger partial charge < -0.3 is 20.3 Å². The maximum Gasteiger partial charge on any atom is 0.191 e. The summed E-state index contributed by atoms with van der Waals surface area (Å²) in [4.78, 5) is 6.78. The van der Waals surface area contributed by atoms with Gasteiger partial charge in [0.25, 0.3) is 0 Å². The van der Waals surface area contributed by atoms with Gasteiger partial charge in [0.15, 0.2) is 5.96 Å². The lowest BCUT2D eigenvalue weighted by Gasteiger charge is -2.14. The summed E-state index contributed by atoms with van der Waals surface area (Å²) in [6.07, 6.45) is 0. The Hall–Kier alpha value is -2.69. The van der Waals surface area contributed by atoms with Gasteiger partial charge in [-0.3, -0.25) is 0 Å². The number of methoxy groups -OCH3 is 1. The average molecular weight is 340 g/mol. The van der Waals surface area contributed by atoms with Gasteiger partial charge in [0, 0.05) is 32.9 Å². The van der Waals surface area contributed by atoms with Crippen molar-refractivity contribution in [2.45, 2.75) is 20.0 Å². The largest absolute Gasteiger partial charge is 0.497 e. The lowest BCUT2D eigenvalue weighted by Crippen LogP contribution is -2.36. The van der Waals surface area contributed by atoms with Crippen molar-refractivity contribution in [2.75, 3.05) is 32.6 Å². The van der Waals surface area contributed by atoms with Crippen LogP contribution in [0.1, 0.15) is 18.1 Å². The van der Waals surface area contributed by atoms with Gasteiger partial charge in [0.1, 0.15) is 5.75 Å². The van der Waals surface area contributed by atoms with Crippen molar-refractivity contribution in [3.63, 3.8) is 0 Å². The molecule has 0 atom stereocenters. The maximum atomic E-state index is 5.19. The fourth-order valence-electron chi connectivity index (χ4n) is 2.37. The van der Waals surface area contributed by atoms with Crippen LogP contribution in [0.2, 0.25) is 0 Å². The molecule has 0 aromatic heterocycles. The van der Waals surface area contributed by atoms with Gasteiger partial charge in [-0.25, -0.2) is 4.99 Å². The van der Waals surface area contributed by atoms with E-state index >= 15 is 0 Å². The predicted octanol–water partition coefficient (Wildman–Crippen LogP) is 3.02. The van der Waals surface area contributed by atoms with E-state index in [1.165, 1.54) is 16.8 Å². The number of hydrogen-bond acceptors (Lipinski definition) is 3. The van der Waals surface area contributed by atoms with Crippen LogP contribution < -0.4 is 20.3 Å². The molecule has 0 radical (unpaired) electrons. The van der Waals surface area contributed by atoms with Crippen molar-refractivity contribution in [1.29, 1.82) is 0 Å². The van der Waals surface area contributed by atoms with E-state index in [2.05, 4.69) is 63.8 Å². The van der Waals surface area contributed by atoms with Gasteiger partial charge in [0.05, 0.1) is 13.7 Å². The molecule has 0 fully saturated rings. The molecule has 0 spiro atoms. The number of benzene rings is 2. The van der Waals surface area contributed by atoms with Crippen LogP contribution in [-0.2, 0) is 13.1 Å². The van der Waals surface area contributed by atoms with Crippen molar-refractivity contribution in [3.05, 3.63) is 59.7 Å². The van der Waals surface area contributed by atoms with Gasteiger partial charge in [-0.05, 0) is 42.3 Å². The summed E-state index contributed by atoms with van der Waals surface area (Å²) in [5, 5.41) is 6.66. The molecule has 134 valence electrons. The highest BCUT2D eigenvalue weighted by Gasteiger charge is 2.01. The number of nitrogens with zero attached hydrogens (tertiary/aromatic N) is 2. The molecule has 25 heavy (non-hydrogen) atoms. The third-order valence-corrected chi connectivity index (χ3v) is 3.81. The van der Waals surface area contributed by atoms with Gasteiger partial charge in [-0.15, -0.1) is 0 Å². The number of hydrogen-bond donors (Lipinski definition) is 2. The number of guanidine groups is 1. The van der Waals surface area contributed by atoms with Crippen LogP contribution >= 0.6 is 0 Å². The van der Waals surface area contributed by atoms with Crippen molar-refractivity contribution < 1.29 is 4.74 Å². The molecule has 0 aliphatic carbocycles. The Labute approximate surface area is 150 Å². The Morgan fingerprint density at radius 1 is 1.04 bits per heavy atom. The third-order valence-electron chi connectivity index (χ3n) is 3.81. The minimum Gasteiger partial charge on any atom is -0.497 e. The summed E-state index contributed by atoms with van der Waals surface area (Å²) >= 11 is 0. The number of nitrogens with one attached hydrogen (secondary N) is 2. The zero-order valence-corrected chi connectivity index (χ0v) is 15.5. The molecule has 2 N–H and O–H groups in total.